The van der Waals surface area contributed by atoms with Gasteiger partial charge in [0.1, 0.15) is 5.25 Å². The molecule has 0 saturated carbocycles. The van der Waals surface area contributed by atoms with E-state index in [9.17, 15) is 13.2 Å². The molecule has 0 aromatic heterocycles. The summed E-state index contributed by atoms with van der Waals surface area (Å²) in [7, 11) is -3.49. The average Bonchev–Trinajstić information content (AvgIpc) is 2.29. The SMILES string of the molecule is CC(C(N)=O)S(=O)(=O)C/C=C/c1ccccc1. The maximum absolute atomic E-state index is 11.6. The minimum Gasteiger partial charge on any atom is -0.369 e. The van der Waals surface area contributed by atoms with E-state index in [1.165, 1.54) is 13.0 Å². The Labute approximate surface area is 101 Å². The molecule has 1 rings (SSSR count). The van der Waals surface area contributed by atoms with Gasteiger partial charge in [0.15, 0.2) is 9.84 Å². The molecule has 0 bridgehead atoms. The molecule has 0 fully saturated rings. The summed E-state index contributed by atoms with van der Waals surface area (Å²) in [5.41, 5.74) is 5.87. The fourth-order valence-electron chi connectivity index (χ4n) is 1.20. The first-order valence-electron chi connectivity index (χ1n) is 5.16. The minimum atomic E-state index is -3.49. The second-order valence-electron chi connectivity index (χ2n) is 3.69. The van der Waals surface area contributed by atoms with Crippen LogP contribution >= 0.6 is 0 Å². The third kappa shape index (κ3) is 4.03. The van der Waals surface area contributed by atoms with Gasteiger partial charge in [-0.2, -0.15) is 0 Å². The number of nitrogens with two attached hydrogens (primary N) is 1. The Morgan fingerprint density at radius 3 is 2.47 bits per heavy atom. The van der Waals surface area contributed by atoms with Crippen molar-refractivity contribution in [2.24, 2.45) is 5.73 Å². The number of benzene rings is 1. The number of sulfone groups is 1. The number of amides is 1. The van der Waals surface area contributed by atoms with Crippen molar-refractivity contribution >= 4 is 21.8 Å². The van der Waals surface area contributed by atoms with Crippen molar-refractivity contribution in [2.75, 3.05) is 5.75 Å². The minimum absolute atomic E-state index is 0.188. The van der Waals surface area contributed by atoms with Crippen LogP contribution in [0.25, 0.3) is 6.08 Å². The Kier molecular flexibility index (Phi) is 4.45. The lowest BCUT2D eigenvalue weighted by Crippen LogP contribution is -2.34. The molecule has 17 heavy (non-hydrogen) atoms. The van der Waals surface area contributed by atoms with Crippen LogP contribution in [0.1, 0.15) is 12.5 Å². The van der Waals surface area contributed by atoms with E-state index in [-0.39, 0.29) is 5.75 Å². The summed E-state index contributed by atoms with van der Waals surface area (Å²) >= 11 is 0. The molecule has 0 aliphatic rings. The van der Waals surface area contributed by atoms with Crippen LogP contribution in [-0.2, 0) is 14.6 Å². The molecule has 0 aliphatic carbocycles. The van der Waals surface area contributed by atoms with Crippen molar-refractivity contribution in [1.29, 1.82) is 0 Å². The highest BCUT2D eigenvalue weighted by atomic mass is 32.2. The highest BCUT2D eigenvalue weighted by Gasteiger charge is 2.24. The van der Waals surface area contributed by atoms with E-state index in [4.69, 9.17) is 5.73 Å². The number of rotatable bonds is 5. The Morgan fingerprint density at radius 2 is 1.94 bits per heavy atom. The van der Waals surface area contributed by atoms with Crippen LogP contribution in [0.15, 0.2) is 36.4 Å². The van der Waals surface area contributed by atoms with Crippen molar-refractivity contribution in [3.05, 3.63) is 42.0 Å². The normalized spacial score (nSPS) is 13.7. The largest absolute Gasteiger partial charge is 0.369 e. The molecular formula is C12H15NO3S. The maximum Gasteiger partial charge on any atom is 0.235 e. The maximum atomic E-state index is 11.6. The summed E-state index contributed by atoms with van der Waals surface area (Å²) in [5, 5.41) is -1.15. The van der Waals surface area contributed by atoms with E-state index in [2.05, 4.69) is 0 Å². The molecular weight excluding hydrogens is 238 g/mol. The van der Waals surface area contributed by atoms with Gasteiger partial charge in [-0.05, 0) is 12.5 Å². The summed E-state index contributed by atoms with van der Waals surface area (Å²) in [5.74, 6) is -1.01. The Hall–Kier alpha value is -1.62. The molecule has 5 heteroatoms. The van der Waals surface area contributed by atoms with E-state index in [1.54, 1.807) is 6.08 Å². The highest BCUT2D eigenvalue weighted by Crippen LogP contribution is 2.05. The number of hydrogen-bond acceptors (Lipinski definition) is 3. The van der Waals surface area contributed by atoms with E-state index >= 15 is 0 Å². The van der Waals surface area contributed by atoms with Gasteiger partial charge < -0.3 is 5.73 Å². The molecule has 2 N–H and O–H groups in total. The molecule has 0 aliphatic heterocycles. The lowest BCUT2D eigenvalue weighted by atomic mass is 10.2. The van der Waals surface area contributed by atoms with Gasteiger partial charge in [0, 0.05) is 0 Å². The zero-order valence-corrected chi connectivity index (χ0v) is 10.4. The Balaban J connectivity index is 2.68. The average molecular weight is 253 g/mol. The van der Waals surface area contributed by atoms with Crippen LogP contribution < -0.4 is 5.73 Å². The van der Waals surface area contributed by atoms with Gasteiger partial charge in [0.2, 0.25) is 5.91 Å². The summed E-state index contributed by atoms with van der Waals surface area (Å²) in [6.07, 6.45) is 3.22. The number of primary amides is 1. The molecule has 1 unspecified atom stereocenters. The lowest BCUT2D eigenvalue weighted by molar-refractivity contribution is -0.117. The van der Waals surface area contributed by atoms with Gasteiger partial charge in [0.25, 0.3) is 0 Å². The van der Waals surface area contributed by atoms with Gasteiger partial charge in [-0.3, -0.25) is 4.79 Å². The predicted octanol–water partition coefficient (Wildman–Crippen LogP) is 0.988. The third-order valence-corrected chi connectivity index (χ3v) is 4.34. The van der Waals surface area contributed by atoms with Crippen LogP contribution in [0, 0.1) is 0 Å². The summed E-state index contributed by atoms with van der Waals surface area (Å²) < 4.78 is 23.2. The first kappa shape index (κ1) is 13.4. The molecule has 92 valence electrons. The van der Waals surface area contributed by atoms with Crippen molar-refractivity contribution in [2.45, 2.75) is 12.2 Å². The molecule has 0 spiro atoms. The van der Waals surface area contributed by atoms with Crippen molar-refractivity contribution in [3.63, 3.8) is 0 Å². The molecule has 0 saturated heterocycles. The fourth-order valence-corrected chi connectivity index (χ4v) is 2.21. The van der Waals surface area contributed by atoms with Crippen molar-refractivity contribution in [3.8, 4) is 0 Å². The first-order chi connectivity index (χ1) is 7.93. The molecule has 1 atom stereocenters. The number of carbonyl (C=O) groups is 1. The van der Waals surface area contributed by atoms with Gasteiger partial charge >= 0.3 is 0 Å². The molecule has 0 heterocycles. The van der Waals surface area contributed by atoms with Gasteiger partial charge in [-0.15, -0.1) is 0 Å². The third-order valence-electron chi connectivity index (χ3n) is 2.38. The van der Waals surface area contributed by atoms with Gasteiger partial charge in [-0.1, -0.05) is 42.5 Å². The van der Waals surface area contributed by atoms with Crippen LogP contribution in [0.5, 0.6) is 0 Å². The van der Waals surface area contributed by atoms with E-state index in [0.717, 1.165) is 5.56 Å². The highest BCUT2D eigenvalue weighted by molar-refractivity contribution is 7.92. The van der Waals surface area contributed by atoms with E-state index < -0.39 is 21.0 Å². The quantitative estimate of drug-likeness (QED) is 0.850. The zero-order chi connectivity index (χ0) is 12.9. The first-order valence-corrected chi connectivity index (χ1v) is 6.87. The fraction of sp³-hybridized carbons (Fsp3) is 0.250. The van der Waals surface area contributed by atoms with Crippen LogP contribution in [-0.4, -0.2) is 25.3 Å². The van der Waals surface area contributed by atoms with E-state index in [0.29, 0.717) is 0 Å². The topological polar surface area (TPSA) is 77.2 Å². The number of hydrogen-bond donors (Lipinski definition) is 1. The van der Waals surface area contributed by atoms with Crippen LogP contribution in [0.2, 0.25) is 0 Å². The molecule has 4 nitrogen and oxygen atoms in total. The standard InChI is InChI=1S/C12H15NO3S/c1-10(12(13)14)17(15,16)9-5-8-11-6-3-2-4-7-11/h2-8,10H,9H2,1H3,(H2,13,14)/b8-5+. The second-order valence-corrected chi connectivity index (χ2v) is 6.05. The van der Waals surface area contributed by atoms with Crippen molar-refractivity contribution < 1.29 is 13.2 Å². The Morgan fingerprint density at radius 1 is 1.35 bits per heavy atom. The second kappa shape index (κ2) is 5.63. The zero-order valence-electron chi connectivity index (χ0n) is 9.54. The molecule has 1 aromatic rings. The number of carbonyl (C=O) groups excluding carboxylic acids is 1. The smallest absolute Gasteiger partial charge is 0.235 e. The summed E-state index contributed by atoms with van der Waals surface area (Å²) in [4.78, 5) is 10.8. The van der Waals surface area contributed by atoms with E-state index in [1.807, 2.05) is 30.3 Å². The van der Waals surface area contributed by atoms with Crippen LogP contribution in [0.4, 0.5) is 0 Å². The van der Waals surface area contributed by atoms with Gasteiger partial charge in [-0.25, -0.2) is 8.42 Å². The lowest BCUT2D eigenvalue weighted by Gasteiger charge is -2.06. The van der Waals surface area contributed by atoms with Crippen LogP contribution in [0.3, 0.4) is 0 Å². The molecule has 0 radical (unpaired) electrons. The summed E-state index contributed by atoms with van der Waals surface area (Å²) in [6.45, 7) is 1.30. The molecule has 1 amide bonds. The molecule has 1 aromatic carbocycles. The van der Waals surface area contributed by atoms with Crippen molar-refractivity contribution in [1.82, 2.24) is 0 Å². The Bertz CT molecular complexity index is 506. The van der Waals surface area contributed by atoms with Gasteiger partial charge in [0.05, 0.1) is 5.75 Å². The summed E-state index contributed by atoms with van der Waals surface area (Å²) in [6, 6.07) is 9.32. The predicted molar refractivity (Wildman–Crippen MR) is 67.9 cm³/mol. The monoisotopic (exact) mass is 253 g/mol.